The van der Waals surface area contributed by atoms with Crippen LogP contribution in [0, 0.1) is 5.92 Å². The van der Waals surface area contributed by atoms with Crippen LogP contribution < -0.4 is 10.6 Å². The zero-order chi connectivity index (χ0) is 21.9. The molecule has 0 radical (unpaired) electrons. The maximum atomic E-state index is 12.5. The van der Waals surface area contributed by atoms with Crippen LogP contribution in [0.5, 0.6) is 0 Å². The van der Waals surface area contributed by atoms with Crippen LogP contribution in [-0.4, -0.2) is 24.0 Å². The number of aromatic nitrogens is 1. The predicted octanol–water partition coefficient (Wildman–Crippen LogP) is 5.25. The van der Waals surface area contributed by atoms with Gasteiger partial charge in [0.2, 0.25) is 0 Å². The van der Waals surface area contributed by atoms with Gasteiger partial charge in [-0.05, 0) is 54.1 Å². The molecule has 1 amide bonds. The summed E-state index contributed by atoms with van der Waals surface area (Å²) in [5.74, 6) is 0.405. The first-order valence-corrected chi connectivity index (χ1v) is 11.2. The van der Waals surface area contributed by atoms with Gasteiger partial charge in [0, 0.05) is 31.0 Å². The summed E-state index contributed by atoms with van der Waals surface area (Å²) in [5, 5.41) is 6.54. The van der Waals surface area contributed by atoms with Crippen molar-refractivity contribution < 1.29 is 4.79 Å². The first-order chi connectivity index (χ1) is 15.2. The summed E-state index contributed by atoms with van der Waals surface area (Å²) in [4.78, 5) is 16.8. The molecule has 1 atom stereocenters. The topological polar surface area (TPSA) is 54.0 Å². The van der Waals surface area contributed by atoms with Crippen LogP contribution >= 0.6 is 0 Å². The number of nitrogens with one attached hydrogen (secondary N) is 2. The van der Waals surface area contributed by atoms with Crippen LogP contribution in [-0.2, 0) is 13.0 Å². The highest BCUT2D eigenvalue weighted by Crippen LogP contribution is 2.21. The SMILES string of the molecule is CC[C@H](C)CNC(=O)c1cncc(-c2cccc(CNCCCc3ccccc3)c2)c1. The molecule has 0 saturated heterocycles. The quantitative estimate of drug-likeness (QED) is 0.421. The standard InChI is InChI=1S/C27H33N3O/c1-3-21(2)17-30-27(31)26-16-25(19-29-20-26)24-13-7-11-23(15-24)18-28-14-8-12-22-9-5-4-6-10-22/h4-7,9-11,13,15-16,19-21,28H,3,8,12,14,17-18H2,1-2H3,(H,30,31)/t21-/m0/s1. The maximum Gasteiger partial charge on any atom is 0.252 e. The average molecular weight is 416 g/mol. The Balaban J connectivity index is 1.54. The van der Waals surface area contributed by atoms with Gasteiger partial charge in [-0.3, -0.25) is 9.78 Å². The Bertz CT molecular complexity index is 955. The molecule has 2 aromatic carbocycles. The molecule has 0 aliphatic rings. The fourth-order valence-corrected chi connectivity index (χ4v) is 3.39. The molecule has 3 rings (SSSR count). The number of rotatable bonds is 11. The van der Waals surface area contributed by atoms with E-state index in [1.807, 2.05) is 12.3 Å². The lowest BCUT2D eigenvalue weighted by Gasteiger charge is -2.11. The molecule has 4 nitrogen and oxygen atoms in total. The Morgan fingerprint density at radius 3 is 2.58 bits per heavy atom. The van der Waals surface area contributed by atoms with Crippen molar-refractivity contribution in [2.45, 2.75) is 39.7 Å². The minimum absolute atomic E-state index is 0.0640. The van der Waals surface area contributed by atoms with Crippen molar-refractivity contribution in [2.75, 3.05) is 13.1 Å². The molecule has 0 bridgehead atoms. The third kappa shape index (κ3) is 7.34. The van der Waals surface area contributed by atoms with Gasteiger partial charge in [0.1, 0.15) is 0 Å². The maximum absolute atomic E-state index is 12.5. The van der Waals surface area contributed by atoms with Gasteiger partial charge < -0.3 is 10.6 Å². The van der Waals surface area contributed by atoms with Gasteiger partial charge in [-0.25, -0.2) is 0 Å². The Labute approximate surface area is 186 Å². The number of nitrogens with zero attached hydrogens (tertiary/aromatic N) is 1. The van der Waals surface area contributed by atoms with Gasteiger partial charge in [0.05, 0.1) is 5.56 Å². The number of pyridine rings is 1. The van der Waals surface area contributed by atoms with Gasteiger partial charge >= 0.3 is 0 Å². The molecule has 0 unspecified atom stereocenters. The van der Waals surface area contributed by atoms with Crippen LogP contribution in [0.3, 0.4) is 0 Å². The predicted molar refractivity (Wildman–Crippen MR) is 128 cm³/mol. The minimum Gasteiger partial charge on any atom is -0.352 e. The second-order valence-corrected chi connectivity index (χ2v) is 8.15. The molecule has 162 valence electrons. The monoisotopic (exact) mass is 415 g/mol. The number of benzene rings is 2. The van der Waals surface area contributed by atoms with E-state index in [0.29, 0.717) is 18.0 Å². The summed E-state index contributed by atoms with van der Waals surface area (Å²) in [6.45, 7) is 6.75. The summed E-state index contributed by atoms with van der Waals surface area (Å²) >= 11 is 0. The Kier molecular flexibility index (Phi) is 8.80. The Morgan fingerprint density at radius 1 is 0.968 bits per heavy atom. The average Bonchev–Trinajstić information content (AvgIpc) is 2.83. The van der Waals surface area contributed by atoms with E-state index in [0.717, 1.165) is 43.5 Å². The van der Waals surface area contributed by atoms with E-state index in [9.17, 15) is 4.79 Å². The van der Waals surface area contributed by atoms with Crippen molar-refractivity contribution in [3.05, 3.63) is 89.7 Å². The number of carbonyl (C=O) groups is 1. The molecule has 0 saturated carbocycles. The van der Waals surface area contributed by atoms with Gasteiger partial charge in [-0.2, -0.15) is 0 Å². The summed E-state index contributed by atoms with van der Waals surface area (Å²) in [7, 11) is 0. The number of hydrogen-bond acceptors (Lipinski definition) is 3. The lowest BCUT2D eigenvalue weighted by Crippen LogP contribution is -2.28. The van der Waals surface area contributed by atoms with E-state index in [4.69, 9.17) is 0 Å². The van der Waals surface area contributed by atoms with Crippen LogP contribution in [0.1, 0.15) is 48.2 Å². The molecule has 31 heavy (non-hydrogen) atoms. The van der Waals surface area contributed by atoms with Crippen LogP contribution in [0.2, 0.25) is 0 Å². The first-order valence-electron chi connectivity index (χ1n) is 11.2. The van der Waals surface area contributed by atoms with Gasteiger partial charge in [-0.15, -0.1) is 0 Å². The molecule has 1 aromatic heterocycles. The highest BCUT2D eigenvalue weighted by atomic mass is 16.1. The van der Waals surface area contributed by atoms with Gasteiger partial charge in [0.25, 0.3) is 5.91 Å². The van der Waals surface area contributed by atoms with Crippen molar-refractivity contribution in [2.24, 2.45) is 5.92 Å². The van der Waals surface area contributed by atoms with Crippen molar-refractivity contribution in [1.82, 2.24) is 15.6 Å². The zero-order valence-electron chi connectivity index (χ0n) is 18.6. The van der Waals surface area contributed by atoms with Crippen molar-refractivity contribution in [3.8, 4) is 11.1 Å². The van der Waals surface area contributed by atoms with Crippen LogP contribution in [0.4, 0.5) is 0 Å². The summed E-state index contributed by atoms with van der Waals surface area (Å²) in [5.41, 5.74) is 5.25. The molecular weight excluding hydrogens is 382 g/mol. The summed E-state index contributed by atoms with van der Waals surface area (Å²) < 4.78 is 0. The van der Waals surface area contributed by atoms with Crippen molar-refractivity contribution >= 4 is 5.91 Å². The summed E-state index contributed by atoms with van der Waals surface area (Å²) in [6.07, 6.45) is 6.70. The molecule has 2 N–H and O–H groups in total. The fraction of sp³-hybridized carbons (Fsp3) is 0.333. The number of amides is 1. The molecule has 3 aromatic rings. The van der Waals surface area contributed by atoms with E-state index in [2.05, 4.69) is 84.1 Å². The van der Waals surface area contributed by atoms with Crippen molar-refractivity contribution in [3.63, 3.8) is 0 Å². The van der Waals surface area contributed by atoms with Gasteiger partial charge in [0.15, 0.2) is 0 Å². The van der Waals surface area contributed by atoms with Crippen molar-refractivity contribution in [1.29, 1.82) is 0 Å². The smallest absolute Gasteiger partial charge is 0.252 e. The highest BCUT2D eigenvalue weighted by Gasteiger charge is 2.09. The molecule has 1 heterocycles. The summed E-state index contributed by atoms with van der Waals surface area (Å²) in [6, 6.07) is 20.9. The minimum atomic E-state index is -0.0640. The Hall–Kier alpha value is -2.98. The highest BCUT2D eigenvalue weighted by molar-refractivity contribution is 5.95. The molecule has 4 heteroatoms. The lowest BCUT2D eigenvalue weighted by atomic mass is 10.0. The van der Waals surface area contributed by atoms with Crippen LogP contribution in [0.25, 0.3) is 11.1 Å². The molecular formula is C27H33N3O. The Morgan fingerprint density at radius 2 is 1.77 bits per heavy atom. The zero-order valence-corrected chi connectivity index (χ0v) is 18.6. The molecule has 0 fully saturated rings. The van der Waals surface area contributed by atoms with E-state index in [1.165, 1.54) is 11.1 Å². The third-order valence-electron chi connectivity index (χ3n) is 5.56. The van der Waals surface area contributed by atoms with E-state index in [1.54, 1.807) is 6.20 Å². The number of aryl methyl sites for hydroxylation is 1. The first kappa shape index (κ1) is 22.7. The van der Waals surface area contributed by atoms with E-state index < -0.39 is 0 Å². The third-order valence-corrected chi connectivity index (χ3v) is 5.56. The number of carbonyl (C=O) groups excluding carboxylic acids is 1. The molecule has 0 aliphatic carbocycles. The van der Waals surface area contributed by atoms with Gasteiger partial charge in [-0.1, -0.05) is 68.8 Å². The normalized spacial score (nSPS) is 11.8. The lowest BCUT2D eigenvalue weighted by molar-refractivity contribution is 0.0947. The van der Waals surface area contributed by atoms with E-state index in [-0.39, 0.29) is 5.91 Å². The van der Waals surface area contributed by atoms with Crippen LogP contribution in [0.15, 0.2) is 73.1 Å². The molecule has 0 spiro atoms. The van der Waals surface area contributed by atoms with E-state index >= 15 is 0 Å². The molecule has 0 aliphatic heterocycles. The fourth-order valence-electron chi connectivity index (χ4n) is 3.39. The second kappa shape index (κ2) is 12.0. The second-order valence-electron chi connectivity index (χ2n) is 8.15. The number of hydrogen-bond donors (Lipinski definition) is 2. The largest absolute Gasteiger partial charge is 0.352 e.